The van der Waals surface area contributed by atoms with Crippen LogP contribution in [-0.2, 0) is 9.59 Å². The summed E-state index contributed by atoms with van der Waals surface area (Å²) < 4.78 is 0. The van der Waals surface area contributed by atoms with E-state index in [4.69, 9.17) is 0 Å². The first-order valence-electron chi connectivity index (χ1n) is 7.96. The third-order valence-corrected chi connectivity index (χ3v) is 5.45. The SMILES string of the molecule is CCC(C)=C1[C@H]2C=C[C@@H]1[C@H]1C(=O)N(c3ccccc3)C(=O)[C@@H]12. The summed E-state index contributed by atoms with van der Waals surface area (Å²) in [7, 11) is 0. The van der Waals surface area contributed by atoms with E-state index in [9.17, 15) is 9.59 Å². The van der Waals surface area contributed by atoms with Crippen LogP contribution < -0.4 is 4.90 Å². The molecule has 2 fully saturated rings. The van der Waals surface area contributed by atoms with Gasteiger partial charge in [-0.1, -0.05) is 48.4 Å². The van der Waals surface area contributed by atoms with Crippen LogP contribution in [0.15, 0.2) is 53.6 Å². The minimum absolute atomic E-state index is 0.0283. The molecular formula is C19H19NO2. The minimum Gasteiger partial charge on any atom is -0.274 e. The van der Waals surface area contributed by atoms with Crippen molar-refractivity contribution in [2.45, 2.75) is 20.3 Å². The lowest BCUT2D eigenvalue weighted by Crippen LogP contribution is -2.33. The molecule has 4 rings (SSSR count). The van der Waals surface area contributed by atoms with Crippen molar-refractivity contribution in [1.29, 1.82) is 0 Å². The van der Waals surface area contributed by atoms with Gasteiger partial charge in [0.25, 0.3) is 0 Å². The molecule has 0 spiro atoms. The van der Waals surface area contributed by atoms with Gasteiger partial charge in [0.1, 0.15) is 0 Å². The number of carbonyl (C=O) groups excluding carboxylic acids is 2. The molecule has 2 amide bonds. The molecule has 3 heteroatoms. The Bertz CT molecular complexity index is 682. The highest BCUT2D eigenvalue weighted by Gasteiger charge is 2.61. The van der Waals surface area contributed by atoms with Gasteiger partial charge in [0, 0.05) is 11.8 Å². The molecule has 112 valence electrons. The number of rotatable bonds is 2. The second kappa shape index (κ2) is 4.67. The van der Waals surface area contributed by atoms with Gasteiger partial charge >= 0.3 is 0 Å². The van der Waals surface area contributed by atoms with E-state index in [0.29, 0.717) is 5.69 Å². The van der Waals surface area contributed by atoms with Crippen molar-refractivity contribution in [2.24, 2.45) is 23.7 Å². The number of anilines is 1. The fourth-order valence-corrected chi connectivity index (χ4v) is 4.37. The predicted molar refractivity (Wildman–Crippen MR) is 85.0 cm³/mol. The van der Waals surface area contributed by atoms with Crippen molar-refractivity contribution < 1.29 is 9.59 Å². The molecule has 22 heavy (non-hydrogen) atoms. The Morgan fingerprint density at radius 3 is 2.05 bits per heavy atom. The number of fused-ring (bicyclic) bond motifs is 5. The number of carbonyl (C=O) groups is 2. The van der Waals surface area contributed by atoms with E-state index in [1.54, 1.807) is 0 Å². The number of nitrogens with zero attached hydrogens (tertiary/aromatic N) is 1. The second-order valence-electron chi connectivity index (χ2n) is 6.42. The number of para-hydroxylation sites is 1. The van der Waals surface area contributed by atoms with Crippen molar-refractivity contribution in [1.82, 2.24) is 0 Å². The number of hydrogen-bond donors (Lipinski definition) is 0. The number of hydrogen-bond acceptors (Lipinski definition) is 2. The standard InChI is InChI=1S/C19H19NO2/c1-3-11(2)15-13-9-10-14(15)17-16(13)18(21)20(19(17)22)12-7-5-4-6-8-12/h4-10,13-14,16-17H,3H2,1-2H3/t13-,14+,16-,17-/m1/s1. The third kappa shape index (κ3) is 1.57. The highest BCUT2D eigenvalue weighted by Crippen LogP contribution is 2.57. The first-order chi connectivity index (χ1) is 10.6. The van der Waals surface area contributed by atoms with Crippen LogP contribution in [0.4, 0.5) is 5.69 Å². The van der Waals surface area contributed by atoms with E-state index >= 15 is 0 Å². The van der Waals surface area contributed by atoms with Gasteiger partial charge in [-0.05, 0) is 25.5 Å². The summed E-state index contributed by atoms with van der Waals surface area (Å²) in [6.45, 7) is 4.27. The van der Waals surface area contributed by atoms with Crippen molar-refractivity contribution in [3.05, 3.63) is 53.6 Å². The Kier molecular flexibility index (Phi) is 2.86. The lowest BCUT2D eigenvalue weighted by molar-refractivity contribution is -0.122. The summed E-state index contributed by atoms with van der Waals surface area (Å²) in [6, 6.07) is 9.29. The molecular weight excluding hydrogens is 274 g/mol. The van der Waals surface area contributed by atoms with Crippen molar-refractivity contribution >= 4 is 17.5 Å². The van der Waals surface area contributed by atoms with Gasteiger partial charge in [-0.15, -0.1) is 0 Å². The van der Waals surface area contributed by atoms with Crippen LogP contribution in [0.2, 0.25) is 0 Å². The lowest BCUT2D eigenvalue weighted by atomic mass is 9.85. The second-order valence-corrected chi connectivity index (χ2v) is 6.42. The zero-order valence-corrected chi connectivity index (χ0v) is 12.8. The Hall–Kier alpha value is -2.16. The van der Waals surface area contributed by atoms with Gasteiger partial charge in [-0.25, -0.2) is 4.90 Å². The molecule has 2 aliphatic carbocycles. The summed E-state index contributed by atoms with van der Waals surface area (Å²) in [5.74, 6) is -0.197. The summed E-state index contributed by atoms with van der Waals surface area (Å²) in [4.78, 5) is 27.2. The topological polar surface area (TPSA) is 37.4 Å². The lowest BCUT2D eigenvalue weighted by Gasteiger charge is -2.19. The number of amides is 2. The van der Waals surface area contributed by atoms with Crippen LogP contribution >= 0.6 is 0 Å². The van der Waals surface area contributed by atoms with Gasteiger partial charge < -0.3 is 0 Å². The summed E-state index contributed by atoms with van der Waals surface area (Å²) >= 11 is 0. The van der Waals surface area contributed by atoms with E-state index in [1.807, 2.05) is 30.3 Å². The zero-order chi connectivity index (χ0) is 15.4. The minimum atomic E-state index is -0.195. The fraction of sp³-hybridized carbons (Fsp3) is 0.368. The smallest absolute Gasteiger partial charge is 0.238 e. The predicted octanol–water partition coefficient (Wildman–Crippen LogP) is 3.33. The summed E-state index contributed by atoms with van der Waals surface area (Å²) in [6.07, 6.45) is 5.26. The molecule has 0 aromatic heterocycles. The van der Waals surface area contributed by atoms with Gasteiger partial charge in [-0.3, -0.25) is 9.59 Å². The third-order valence-electron chi connectivity index (χ3n) is 5.45. The Morgan fingerprint density at radius 1 is 1.00 bits per heavy atom. The Balaban J connectivity index is 1.77. The molecule has 0 unspecified atom stereocenters. The number of imide groups is 1. The average Bonchev–Trinajstić information content (AvgIpc) is 3.17. The van der Waals surface area contributed by atoms with Crippen molar-refractivity contribution in [2.75, 3.05) is 4.90 Å². The number of benzene rings is 1. The van der Waals surface area contributed by atoms with E-state index in [-0.39, 0.29) is 35.5 Å². The van der Waals surface area contributed by atoms with Gasteiger partial charge in [0.2, 0.25) is 11.8 Å². The van der Waals surface area contributed by atoms with E-state index < -0.39 is 0 Å². The zero-order valence-electron chi connectivity index (χ0n) is 12.8. The molecule has 1 aliphatic heterocycles. The van der Waals surface area contributed by atoms with Crippen LogP contribution in [0.3, 0.4) is 0 Å². The molecule has 2 bridgehead atoms. The first kappa shape index (κ1) is 13.5. The van der Waals surface area contributed by atoms with Crippen LogP contribution in [0.5, 0.6) is 0 Å². The summed E-state index contributed by atoms with van der Waals surface area (Å²) in [5, 5.41) is 0. The maximum absolute atomic E-state index is 12.9. The number of allylic oxidation sites excluding steroid dienone is 4. The molecule has 1 saturated carbocycles. The first-order valence-corrected chi connectivity index (χ1v) is 7.96. The van der Waals surface area contributed by atoms with E-state index in [2.05, 4.69) is 26.0 Å². The molecule has 0 radical (unpaired) electrons. The molecule has 0 N–H and O–H groups in total. The average molecular weight is 293 g/mol. The Morgan fingerprint density at radius 2 is 1.55 bits per heavy atom. The highest BCUT2D eigenvalue weighted by molar-refractivity contribution is 6.23. The van der Waals surface area contributed by atoms with Gasteiger partial charge in [0.15, 0.2) is 0 Å². The molecule has 1 aromatic rings. The van der Waals surface area contributed by atoms with Crippen LogP contribution in [-0.4, -0.2) is 11.8 Å². The van der Waals surface area contributed by atoms with Gasteiger partial charge in [0.05, 0.1) is 17.5 Å². The van der Waals surface area contributed by atoms with Crippen LogP contribution in [0, 0.1) is 23.7 Å². The van der Waals surface area contributed by atoms with E-state index in [0.717, 1.165) is 6.42 Å². The van der Waals surface area contributed by atoms with Crippen molar-refractivity contribution in [3.63, 3.8) is 0 Å². The van der Waals surface area contributed by atoms with Crippen LogP contribution in [0.1, 0.15) is 20.3 Å². The molecule has 4 atom stereocenters. The maximum atomic E-state index is 12.9. The fourth-order valence-electron chi connectivity index (χ4n) is 4.37. The summed E-state index contributed by atoms with van der Waals surface area (Å²) in [5.41, 5.74) is 3.36. The molecule has 3 nitrogen and oxygen atoms in total. The maximum Gasteiger partial charge on any atom is 0.238 e. The van der Waals surface area contributed by atoms with Gasteiger partial charge in [-0.2, -0.15) is 0 Å². The normalized spacial score (nSPS) is 34.5. The molecule has 3 aliphatic rings. The quantitative estimate of drug-likeness (QED) is 0.619. The highest BCUT2D eigenvalue weighted by atomic mass is 16.2. The largest absolute Gasteiger partial charge is 0.274 e. The van der Waals surface area contributed by atoms with E-state index in [1.165, 1.54) is 16.0 Å². The monoisotopic (exact) mass is 293 g/mol. The molecule has 1 aromatic carbocycles. The molecule has 1 heterocycles. The van der Waals surface area contributed by atoms with Crippen molar-refractivity contribution in [3.8, 4) is 0 Å². The molecule has 1 saturated heterocycles. The van der Waals surface area contributed by atoms with Crippen LogP contribution in [0.25, 0.3) is 0 Å². The Labute approximate surface area is 130 Å².